The van der Waals surface area contributed by atoms with Gasteiger partial charge in [0.05, 0.1) is 24.0 Å². The number of rotatable bonds is 5. The summed E-state index contributed by atoms with van der Waals surface area (Å²) in [5.74, 6) is 1.89. The van der Waals surface area contributed by atoms with E-state index in [0.29, 0.717) is 42.4 Å². The third-order valence-corrected chi connectivity index (χ3v) is 5.28. The Morgan fingerprint density at radius 2 is 1.94 bits per heavy atom. The van der Waals surface area contributed by atoms with Crippen molar-refractivity contribution in [3.63, 3.8) is 0 Å². The van der Waals surface area contributed by atoms with Crippen LogP contribution in [0.4, 0.5) is 0 Å². The fourth-order valence-electron chi connectivity index (χ4n) is 3.68. The zero-order valence-corrected chi connectivity index (χ0v) is 16.8. The van der Waals surface area contributed by atoms with E-state index in [0.717, 1.165) is 16.6 Å². The molecule has 0 saturated carbocycles. The summed E-state index contributed by atoms with van der Waals surface area (Å²) in [4.78, 5) is 8.71. The predicted octanol–water partition coefficient (Wildman–Crippen LogP) is 4.47. The number of ether oxygens (including phenoxy) is 3. The van der Waals surface area contributed by atoms with E-state index in [-0.39, 0.29) is 0 Å². The van der Waals surface area contributed by atoms with E-state index in [4.69, 9.17) is 14.2 Å². The van der Waals surface area contributed by atoms with E-state index in [2.05, 4.69) is 9.97 Å². The second kappa shape index (κ2) is 8.62. The largest absolute Gasteiger partial charge is 0.493 e. The summed E-state index contributed by atoms with van der Waals surface area (Å²) in [5.41, 5.74) is 2.42. The minimum Gasteiger partial charge on any atom is -0.493 e. The highest BCUT2D eigenvalue weighted by Crippen LogP contribution is 2.36. The Labute approximate surface area is 180 Å². The van der Waals surface area contributed by atoms with Crippen LogP contribution in [0.1, 0.15) is 23.8 Å². The molecule has 0 unspecified atom stereocenters. The number of pyridine rings is 2. The van der Waals surface area contributed by atoms with E-state index < -0.39 is 12.2 Å². The Hall–Kier alpha value is -3.64. The lowest BCUT2D eigenvalue weighted by Gasteiger charge is -2.22. The highest BCUT2D eigenvalue weighted by Gasteiger charge is 2.29. The average molecular weight is 414 g/mol. The van der Waals surface area contributed by atoms with Crippen molar-refractivity contribution in [3.8, 4) is 17.2 Å². The first-order chi connectivity index (χ1) is 15.3. The molecule has 2 aromatic heterocycles. The van der Waals surface area contributed by atoms with Crippen LogP contribution in [0.5, 0.6) is 17.2 Å². The van der Waals surface area contributed by atoms with Gasteiger partial charge < -0.3 is 19.3 Å². The SMILES string of the molecule is O[C@@H]1c2cc(OCc3ccc4ccccc4n3)ccc2OCC[C@H]1Oc1cccnc1. The number of hydrogen-bond donors (Lipinski definition) is 1. The molecule has 0 amide bonds. The summed E-state index contributed by atoms with van der Waals surface area (Å²) in [5, 5.41) is 12.1. The number of aliphatic hydroxyl groups excluding tert-OH is 1. The van der Waals surface area contributed by atoms with Crippen molar-refractivity contribution in [3.05, 3.63) is 90.4 Å². The topological polar surface area (TPSA) is 73.7 Å². The Morgan fingerprint density at radius 1 is 1.00 bits per heavy atom. The fraction of sp³-hybridized carbons (Fsp3) is 0.200. The Bertz CT molecular complexity index is 1180. The first kappa shape index (κ1) is 19.3. The molecule has 0 aliphatic carbocycles. The van der Waals surface area contributed by atoms with Crippen LogP contribution in [0.2, 0.25) is 0 Å². The molecule has 31 heavy (non-hydrogen) atoms. The molecule has 5 rings (SSSR count). The molecule has 1 N–H and O–H groups in total. The molecule has 1 aliphatic heterocycles. The van der Waals surface area contributed by atoms with Gasteiger partial charge >= 0.3 is 0 Å². The molecule has 1 aliphatic rings. The molecular formula is C25H22N2O4. The van der Waals surface area contributed by atoms with Crippen molar-refractivity contribution < 1.29 is 19.3 Å². The zero-order chi connectivity index (χ0) is 21.0. The van der Waals surface area contributed by atoms with Crippen molar-refractivity contribution in [1.29, 1.82) is 0 Å². The standard InChI is InChI=1S/C25H22N2O4/c28-25-21-14-19(30-16-18-8-7-17-4-1-2-6-22(17)27-18)9-10-23(21)29-13-11-24(25)31-20-5-3-12-26-15-20/h1-10,12,14-15,24-25,28H,11,13,16H2/t24-,25-/m1/s1. The number of para-hydroxylation sites is 1. The minimum absolute atomic E-state index is 0.330. The van der Waals surface area contributed by atoms with Gasteiger partial charge in [-0.15, -0.1) is 0 Å². The number of aliphatic hydroxyl groups is 1. The molecule has 156 valence electrons. The molecule has 6 nitrogen and oxygen atoms in total. The molecule has 2 atom stereocenters. The lowest BCUT2D eigenvalue weighted by atomic mass is 10.0. The van der Waals surface area contributed by atoms with Gasteiger partial charge in [-0.25, -0.2) is 4.98 Å². The molecule has 0 bridgehead atoms. The summed E-state index contributed by atoms with van der Waals surface area (Å²) >= 11 is 0. The summed E-state index contributed by atoms with van der Waals surface area (Å²) < 4.78 is 17.8. The number of nitrogens with zero attached hydrogens (tertiary/aromatic N) is 2. The quantitative estimate of drug-likeness (QED) is 0.519. The van der Waals surface area contributed by atoms with E-state index >= 15 is 0 Å². The smallest absolute Gasteiger partial charge is 0.138 e. The van der Waals surface area contributed by atoms with Crippen LogP contribution < -0.4 is 14.2 Å². The molecule has 0 fully saturated rings. The molecular weight excluding hydrogens is 392 g/mol. The van der Waals surface area contributed by atoms with Gasteiger partial charge in [-0.3, -0.25) is 4.98 Å². The average Bonchev–Trinajstić information content (AvgIpc) is 2.97. The summed E-state index contributed by atoms with van der Waals surface area (Å²) in [6.07, 6.45) is 2.59. The van der Waals surface area contributed by atoms with E-state index in [1.807, 2.05) is 60.7 Å². The summed E-state index contributed by atoms with van der Waals surface area (Å²) in [6.45, 7) is 0.784. The third kappa shape index (κ3) is 4.29. The fourth-order valence-corrected chi connectivity index (χ4v) is 3.68. The van der Waals surface area contributed by atoms with Crippen molar-refractivity contribution >= 4 is 10.9 Å². The number of fused-ring (bicyclic) bond motifs is 2. The third-order valence-electron chi connectivity index (χ3n) is 5.28. The molecule has 0 spiro atoms. The van der Waals surface area contributed by atoms with Crippen LogP contribution >= 0.6 is 0 Å². The normalized spacial score (nSPS) is 18.0. The first-order valence-electron chi connectivity index (χ1n) is 10.3. The van der Waals surface area contributed by atoms with Gasteiger partial charge in [-0.2, -0.15) is 0 Å². The van der Waals surface area contributed by atoms with E-state index in [1.165, 1.54) is 0 Å². The number of aromatic nitrogens is 2. The second-order valence-electron chi connectivity index (χ2n) is 7.41. The maximum atomic E-state index is 11.0. The molecule has 0 saturated heterocycles. The van der Waals surface area contributed by atoms with Crippen molar-refractivity contribution in [2.45, 2.75) is 25.2 Å². The van der Waals surface area contributed by atoms with Gasteiger partial charge in [-0.05, 0) is 42.5 Å². The van der Waals surface area contributed by atoms with E-state index in [9.17, 15) is 5.11 Å². The molecule has 4 aromatic rings. The van der Waals surface area contributed by atoms with Gasteiger partial charge in [-0.1, -0.05) is 24.3 Å². The first-order valence-corrected chi connectivity index (χ1v) is 10.3. The molecule has 2 aromatic carbocycles. The van der Waals surface area contributed by atoms with Gasteiger partial charge in [0.25, 0.3) is 0 Å². The van der Waals surface area contributed by atoms with Crippen LogP contribution in [0.25, 0.3) is 10.9 Å². The van der Waals surface area contributed by atoms with Crippen LogP contribution in [0, 0.1) is 0 Å². The summed E-state index contributed by atoms with van der Waals surface area (Å²) in [7, 11) is 0. The Kier molecular flexibility index (Phi) is 5.37. The van der Waals surface area contributed by atoms with Gasteiger partial charge in [0, 0.05) is 23.6 Å². The van der Waals surface area contributed by atoms with E-state index in [1.54, 1.807) is 18.5 Å². The van der Waals surface area contributed by atoms with Crippen LogP contribution in [-0.2, 0) is 6.61 Å². The number of hydrogen-bond acceptors (Lipinski definition) is 6. The molecule has 3 heterocycles. The zero-order valence-electron chi connectivity index (χ0n) is 16.8. The summed E-state index contributed by atoms with van der Waals surface area (Å²) in [6, 6.07) is 21.1. The minimum atomic E-state index is -0.847. The maximum absolute atomic E-state index is 11.0. The second-order valence-corrected chi connectivity index (χ2v) is 7.41. The molecule has 0 radical (unpaired) electrons. The number of benzene rings is 2. The maximum Gasteiger partial charge on any atom is 0.138 e. The monoisotopic (exact) mass is 414 g/mol. The van der Waals surface area contributed by atoms with Crippen molar-refractivity contribution in [2.24, 2.45) is 0 Å². The Balaban J connectivity index is 1.33. The Morgan fingerprint density at radius 3 is 2.84 bits per heavy atom. The predicted molar refractivity (Wildman–Crippen MR) is 116 cm³/mol. The highest BCUT2D eigenvalue weighted by atomic mass is 16.5. The van der Waals surface area contributed by atoms with Crippen molar-refractivity contribution in [2.75, 3.05) is 6.61 Å². The van der Waals surface area contributed by atoms with Crippen molar-refractivity contribution in [1.82, 2.24) is 9.97 Å². The van der Waals surface area contributed by atoms with Crippen LogP contribution in [-0.4, -0.2) is 27.8 Å². The van der Waals surface area contributed by atoms with Crippen LogP contribution in [0.3, 0.4) is 0 Å². The lowest BCUT2D eigenvalue weighted by Crippen LogP contribution is -2.25. The van der Waals surface area contributed by atoms with Gasteiger partial charge in [0.2, 0.25) is 0 Å². The highest BCUT2D eigenvalue weighted by molar-refractivity contribution is 5.78. The van der Waals surface area contributed by atoms with Gasteiger partial charge in [0.15, 0.2) is 0 Å². The lowest BCUT2D eigenvalue weighted by molar-refractivity contribution is 0.0309. The van der Waals surface area contributed by atoms with Crippen LogP contribution in [0.15, 0.2) is 79.1 Å². The molecule has 6 heteroatoms. The van der Waals surface area contributed by atoms with Gasteiger partial charge in [0.1, 0.15) is 36.1 Å².